The van der Waals surface area contributed by atoms with Gasteiger partial charge in [0.1, 0.15) is 6.54 Å². The molecule has 1 aliphatic heterocycles. The van der Waals surface area contributed by atoms with Crippen molar-refractivity contribution in [2.75, 3.05) is 26.2 Å². The predicted octanol–water partition coefficient (Wildman–Crippen LogP) is 3.02. The van der Waals surface area contributed by atoms with Gasteiger partial charge in [0.05, 0.1) is 13.1 Å². The van der Waals surface area contributed by atoms with Crippen LogP contribution in [-0.4, -0.2) is 35.7 Å². The number of nitrogens with zero attached hydrogens (tertiary/aromatic N) is 2. The Morgan fingerprint density at radius 3 is 1.90 bits per heavy atom. The van der Waals surface area contributed by atoms with E-state index in [2.05, 4.69) is 29.2 Å². The highest BCUT2D eigenvalue weighted by Crippen LogP contribution is 2.18. The van der Waals surface area contributed by atoms with Gasteiger partial charge in [-0.3, -0.25) is 4.90 Å². The molecule has 21 heavy (non-hydrogen) atoms. The Balaban J connectivity index is 1.54. The molecule has 1 saturated heterocycles. The maximum Gasteiger partial charge on any atom is 0.104 e. The van der Waals surface area contributed by atoms with Crippen LogP contribution in [0.25, 0.3) is 0 Å². The fraction of sp³-hybridized carbons (Fsp3) is 0.333. The second-order valence-corrected chi connectivity index (χ2v) is 5.91. The summed E-state index contributed by atoms with van der Waals surface area (Å²) >= 11 is 0. The summed E-state index contributed by atoms with van der Waals surface area (Å²) in [6.07, 6.45) is 0. The summed E-state index contributed by atoms with van der Waals surface area (Å²) in [6.45, 7) is 4.67. The first kappa shape index (κ1) is 14.3. The Morgan fingerprint density at radius 1 is 0.810 bits per heavy atom. The Morgan fingerprint density at radius 2 is 1.33 bits per heavy atom. The van der Waals surface area contributed by atoms with Crippen LogP contribution in [0, 0.1) is 5.21 Å². The quantitative estimate of drug-likeness (QED) is 0.636. The summed E-state index contributed by atoms with van der Waals surface area (Å²) in [6, 6.07) is 20.6. The fourth-order valence-electron chi connectivity index (χ4n) is 2.94. The van der Waals surface area contributed by atoms with Crippen molar-refractivity contribution in [3.05, 3.63) is 77.0 Å². The van der Waals surface area contributed by atoms with E-state index in [9.17, 15) is 5.21 Å². The standard InChI is InChI=1S/C18H22N2O/c21-20(16-18-9-5-2-6-10-18)13-11-19(12-14-20)15-17-7-3-1-4-8-17/h1-10H,11-16H2. The summed E-state index contributed by atoms with van der Waals surface area (Å²) in [5.41, 5.74) is 2.47. The van der Waals surface area contributed by atoms with E-state index in [0.29, 0.717) is 19.6 Å². The van der Waals surface area contributed by atoms with E-state index in [0.717, 1.165) is 25.2 Å². The number of hydrogen-bond acceptors (Lipinski definition) is 2. The third-order valence-corrected chi connectivity index (χ3v) is 4.21. The highest BCUT2D eigenvalue weighted by Gasteiger charge is 2.25. The van der Waals surface area contributed by atoms with Gasteiger partial charge in [0.2, 0.25) is 0 Å². The van der Waals surface area contributed by atoms with Crippen LogP contribution in [0.15, 0.2) is 60.7 Å². The number of piperazine rings is 1. The van der Waals surface area contributed by atoms with Crippen LogP contribution < -0.4 is 0 Å². The van der Waals surface area contributed by atoms with Gasteiger partial charge in [-0.15, -0.1) is 0 Å². The first-order chi connectivity index (χ1) is 10.2. The zero-order chi connectivity index (χ0) is 14.5. The Hall–Kier alpha value is -1.68. The summed E-state index contributed by atoms with van der Waals surface area (Å²) in [5, 5.41) is 12.8. The molecular weight excluding hydrogens is 260 g/mol. The predicted molar refractivity (Wildman–Crippen MR) is 85.2 cm³/mol. The number of hydroxylamine groups is 3. The average Bonchev–Trinajstić information content (AvgIpc) is 2.52. The van der Waals surface area contributed by atoms with Crippen molar-refractivity contribution in [3.8, 4) is 0 Å². The lowest BCUT2D eigenvalue weighted by Gasteiger charge is -2.48. The molecule has 3 heteroatoms. The van der Waals surface area contributed by atoms with Gasteiger partial charge in [-0.1, -0.05) is 60.7 Å². The van der Waals surface area contributed by atoms with Crippen LogP contribution in [0.1, 0.15) is 11.1 Å². The van der Waals surface area contributed by atoms with Gasteiger partial charge in [0.25, 0.3) is 0 Å². The first-order valence-corrected chi connectivity index (χ1v) is 7.61. The van der Waals surface area contributed by atoms with E-state index >= 15 is 0 Å². The molecule has 3 nitrogen and oxygen atoms in total. The summed E-state index contributed by atoms with van der Waals surface area (Å²) in [7, 11) is 0. The SMILES string of the molecule is [O-][N+]1(Cc2ccccc2)CCN(Cc2ccccc2)CC1. The van der Waals surface area contributed by atoms with Gasteiger partial charge in [-0.05, 0) is 5.56 Å². The molecule has 2 aromatic carbocycles. The molecule has 0 amide bonds. The van der Waals surface area contributed by atoms with Crippen molar-refractivity contribution in [2.45, 2.75) is 13.1 Å². The van der Waals surface area contributed by atoms with Crippen LogP contribution in [0.3, 0.4) is 0 Å². The molecule has 1 heterocycles. The molecule has 0 aliphatic carbocycles. The molecule has 2 aromatic rings. The van der Waals surface area contributed by atoms with Gasteiger partial charge in [-0.2, -0.15) is 0 Å². The van der Waals surface area contributed by atoms with Crippen molar-refractivity contribution >= 4 is 0 Å². The topological polar surface area (TPSA) is 26.3 Å². The van der Waals surface area contributed by atoms with Crippen molar-refractivity contribution in [3.63, 3.8) is 0 Å². The lowest BCUT2D eigenvalue weighted by atomic mass is 10.1. The number of benzene rings is 2. The van der Waals surface area contributed by atoms with Gasteiger partial charge >= 0.3 is 0 Å². The summed E-state index contributed by atoms with van der Waals surface area (Å²) in [4.78, 5) is 2.38. The molecule has 0 saturated carbocycles. The zero-order valence-electron chi connectivity index (χ0n) is 12.3. The van der Waals surface area contributed by atoms with Crippen molar-refractivity contribution in [2.24, 2.45) is 0 Å². The Kier molecular flexibility index (Phi) is 4.34. The minimum atomic E-state index is -0.0880. The molecular formula is C18H22N2O. The molecule has 0 unspecified atom stereocenters. The number of rotatable bonds is 4. The number of quaternary nitrogens is 1. The van der Waals surface area contributed by atoms with E-state index in [1.807, 2.05) is 36.4 Å². The van der Waals surface area contributed by atoms with E-state index in [4.69, 9.17) is 0 Å². The third-order valence-electron chi connectivity index (χ3n) is 4.21. The van der Waals surface area contributed by atoms with Crippen LogP contribution in [0.4, 0.5) is 0 Å². The van der Waals surface area contributed by atoms with E-state index < -0.39 is 0 Å². The smallest absolute Gasteiger partial charge is 0.104 e. The second kappa shape index (κ2) is 6.39. The molecule has 110 valence electrons. The molecule has 0 atom stereocenters. The fourth-order valence-corrected chi connectivity index (χ4v) is 2.94. The Bertz CT molecular complexity index is 548. The van der Waals surface area contributed by atoms with Crippen molar-refractivity contribution in [1.82, 2.24) is 4.90 Å². The largest absolute Gasteiger partial charge is 0.632 e. The van der Waals surface area contributed by atoms with E-state index in [-0.39, 0.29) is 4.65 Å². The molecule has 0 bridgehead atoms. The van der Waals surface area contributed by atoms with Crippen LogP contribution in [-0.2, 0) is 13.1 Å². The molecule has 1 fully saturated rings. The third kappa shape index (κ3) is 3.91. The van der Waals surface area contributed by atoms with E-state index in [1.54, 1.807) is 0 Å². The highest BCUT2D eigenvalue weighted by molar-refractivity contribution is 5.15. The molecule has 0 spiro atoms. The normalized spacial score (nSPS) is 18.5. The van der Waals surface area contributed by atoms with Crippen LogP contribution >= 0.6 is 0 Å². The molecule has 0 aromatic heterocycles. The van der Waals surface area contributed by atoms with Gasteiger partial charge in [0, 0.05) is 25.2 Å². The summed E-state index contributed by atoms with van der Waals surface area (Å²) in [5.74, 6) is 0. The molecule has 3 rings (SSSR count). The highest BCUT2D eigenvalue weighted by atomic mass is 16.5. The lowest BCUT2D eigenvalue weighted by molar-refractivity contribution is -0.898. The maximum absolute atomic E-state index is 12.8. The minimum Gasteiger partial charge on any atom is -0.632 e. The average molecular weight is 282 g/mol. The zero-order valence-corrected chi connectivity index (χ0v) is 12.3. The second-order valence-electron chi connectivity index (χ2n) is 5.91. The maximum atomic E-state index is 12.8. The minimum absolute atomic E-state index is 0.0880. The lowest BCUT2D eigenvalue weighted by Crippen LogP contribution is -2.55. The molecule has 0 radical (unpaired) electrons. The molecule has 1 aliphatic rings. The van der Waals surface area contributed by atoms with Crippen LogP contribution in [0.5, 0.6) is 0 Å². The van der Waals surface area contributed by atoms with Crippen molar-refractivity contribution < 1.29 is 4.65 Å². The first-order valence-electron chi connectivity index (χ1n) is 7.61. The van der Waals surface area contributed by atoms with E-state index in [1.165, 1.54) is 5.56 Å². The monoisotopic (exact) mass is 282 g/mol. The van der Waals surface area contributed by atoms with Crippen LogP contribution in [0.2, 0.25) is 0 Å². The number of hydrogen-bond donors (Lipinski definition) is 0. The summed E-state index contributed by atoms with van der Waals surface area (Å²) < 4.78 is -0.0880. The van der Waals surface area contributed by atoms with Gasteiger partial charge < -0.3 is 9.85 Å². The molecule has 0 N–H and O–H groups in total. The van der Waals surface area contributed by atoms with Gasteiger partial charge in [-0.25, -0.2) is 0 Å². The van der Waals surface area contributed by atoms with Crippen molar-refractivity contribution in [1.29, 1.82) is 0 Å². The van der Waals surface area contributed by atoms with Gasteiger partial charge in [0.15, 0.2) is 0 Å². The Labute approximate surface area is 126 Å².